The van der Waals surface area contributed by atoms with Crippen LogP contribution in [-0.4, -0.2) is 23.3 Å². The van der Waals surface area contributed by atoms with E-state index >= 15 is 0 Å². The van der Waals surface area contributed by atoms with E-state index in [0.717, 1.165) is 15.8 Å². The molecule has 1 aromatic rings. The van der Waals surface area contributed by atoms with Gasteiger partial charge in [0.05, 0.1) is 18.7 Å². The molecule has 3 aliphatic rings. The molecule has 0 unspecified atom stereocenters. The number of fused-ring (bicyclic) bond motifs is 2. The van der Waals surface area contributed by atoms with Crippen LogP contribution in [0.2, 0.25) is 0 Å². The summed E-state index contributed by atoms with van der Waals surface area (Å²) < 4.78 is 6.74. The Morgan fingerprint density at radius 3 is 2.82 bits per heavy atom. The van der Waals surface area contributed by atoms with Crippen molar-refractivity contribution in [3.8, 4) is 12.1 Å². The number of thioether (sulfide) groups is 1. The van der Waals surface area contributed by atoms with E-state index in [9.17, 15) is 10.5 Å². The molecule has 0 radical (unpaired) electrons. The van der Waals surface area contributed by atoms with Gasteiger partial charge in [0.25, 0.3) is 0 Å². The van der Waals surface area contributed by atoms with Gasteiger partial charge in [0.2, 0.25) is 5.06 Å². The molecular weight excluding hydrogens is 364 g/mol. The van der Waals surface area contributed by atoms with Crippen molar-refractivity contribution < 1.29 is 4.74 Å². The molecular formula is C15H11BrN4OS. The van der Waals surface area contributed by atoms with Gasteiger partial charge in [0.1, 0.15) is 11.3 Å². The summed E-state index contributed by atoms with van der Waals surface area (Å²) in [5.41, 5.74) is 4.87. The Balaban J connectivity index is 1.94. The summed E-state index contributed by atoms with van der Waals surface area (Å²) in [5, 5.41) is 18.8. The van der Waals surface area contributed by atoms with Crippen LogP contribution in [0.25, 0.3) is 0 Å². The first-order chi connectivity index (χ1) is 10.6. The van der Waals surface area contributed by atoms with Crippen molar-refractivity contribution in [2.45, 2.75) is 11.0 Å². The third kappa shape index (κ3) is 1.27. The maximum atomic E-state index is 9.97. The van der Waals surface area contributed by atoms with Crippen molar-refractivity contribution >= 4 is 33.5 Å². The van der Waals surface area contributed by atoms with Crippen LogP contribution in [0.3, 0.4) is 0 Å². The van der Waals surface area contributed by atoms with E-state index in [1.807, 2.05) is 24.3 Å². The van der Waals surface area contributed by atoms with Crippen molar-refractivity contribution in [2.75, 3.05) is 12.4 Å². The number of rotatable bonds is 1. The van der Waals surface area contributed by atoms with Crippen LogP contribution < -0.4 is 5.73 Å². The predicted octanol–water partition coefficient (Wildman–Crippen LogP) is 2.35. The lowest BCUT2D eigenvalue weighted by molar-refractivity contribution is 0.0200. The quantitative estimate of drug-likeness (QED) is 0.813. The average Bonchev–Trinajstić information content (AvgIpc) is 2.77. The largest absolute Gasteiger partial charge is 0.386 e. The van der Waals surface area contributed by atoms with Gasteiger partial charge in [-0.2, -0.15) is 10.5 Å². The fourth-order valence-corrected chi connectivity index (χ4v) is 5.65. The molecule has 0 bridgehead atoms. The Labute approximate surface area is 140 Å². The first-order valence-electron chi connectivity index (χ1n) is 6.80. The van der Waals surface area contributed by atoms with Gasteiger partial charge in [0.15, 0.2) is 5.41 Å². The summed E-state index contributed by atoms with van der Waals surface area (Å²) in [7, 11) is 0. The summed E-state index contributed by atoms with van der Waals surface area (Å²) in [5.74, 6) is 0.638. The van der Waals surface area contributed by atoms with Crippen molar-refractivity contribution in [3.05, 3.63) is 34.3 Å². The molecule has 2 aliphatic heterocycles. The molecule has 110 valence electrons. The fraction of sp³-hybridized carbons (Fsp3) is 0.400. The van der Waals surface area contributed by atoms with Crippen LogP contribution in [0.5, 0.6) is 0 Å². The van der Waals surface area contributed by atoms with E-state index in [-0.39, 0.29) is 11.8 Å². The number of nitrogens with two attached hydrogens (primary N) is 1. The molecule has 4 atom stereocenters. The molecule has 0 amide bonds. The molecule has 5 nitrogen and oxygen atoms in total. The smallest absolute Gasteiger partial charge is 0.230 e. The van der Waals surface area contributed by atoms with Crippen LogP contribution in [-0.2, 0) is 4.74 Å². The van der Waals surface area contributed by atoms with Gasteiger partial charge in [0, 0.05) is 16.1 Å². The maximum absolute atomic E-state index is 9.97. The van der Waals surface area contributed by atoms with E-state index < -0.39 is 15.9 Å². The second-order valence-corrected chi connectivity index (χ2v) is 7.77. The highest BCUT2D eigenvalue weighted by atomic mass is 79.9. The minimum atomic E-state index is -1.10. The lowest BCUT2D eigenvalue weighted by Gasteiger charge is -2.26. The molecule has 7 heteroatoms. The lowest BCUT2D eigenvalue weighted by Crippen LogP contribution is -2.34. The molecule has 22 heavy (non-hydrogen) atoms. The van der Waals surface area contributed by atoms with Crippen LogP contribution in [0, 0.1) is 33.5 Å². The van der Waals surface area contributed by atoms with E-state index in [1.54, 1.807) is 0 Å². The molecule has 1 saturated heterocycles. The van der Waals surface area contributed by atoms with E-state index in [1.165, 1.54) is 11.8 Å². The molecule has 1 saturated carbocycles. The van der Waals surface area contributed by atoms with Gasteiger partial charge in [-0.1, -0.05) is 39.8 Å². The number of aliphatic imine (C=N–C) groups is 1. The number of nitriles is 2. The Kier molecular flexibility index (Phi) is 2.73. The third-order valence-corrected chi connectivity index (χ3v) is 6.57. The van der Waals surface area contributed by atoms with E-state index in [2.05, 4.69) is 33.1 Å². The zero-order valence-corrected chi connectivity index (χ0v) is 13.8. The molecule has 1 aliphatic carbocycles. The van der Waals surface area contributed by atoms with Crippen molar-refractivity contribution in [1.29, 1.82) is 10.5 Å². The van der Waals surface area contributed by atoms with E-state index in [0.29, 0.717) is 6.61 Å². The molecule has 1 aromatic carbocycles. The number of hydrogen-bond acceptors (Lipinski definition) is 6. The average molecular weight is 375 g/mol. The van der Waals surface area contributed by atoms with Crippen LogP contribution in [0.15, 0.2) is 33.7 Å². The Morgan fingerprint density at radius 1 is 1.41 bits per heavy atom. The Morgan fingerprint density at radius 2 is 2.23 bits per heavy atom. The highest BCUT2D eigenvalue weighted by Gasteiger charge is 2.93. The monoisotopic (exact) mass is 374 g/mol. The standard InChI is InChI=1S/C15H11BrN4OS/c16-10-3-1-2-9(6-10)11-13(7-17)12(19)20-15(14(11,13)8-18)21-4-5-22-15/h1-3,6,11H,4-5H2,(H2,19,20)/t11-,13+,14+,15+/m0/s1. The van der Waals surface area contributed by atoms with Crippen LogP contribution >= 0.6 is 27.7 Å². The highest BCUT2D eigenvalue weighted by Crippen LogP contribution is 2.84. The normalized spacial score (nSPS) is 41.6. The minimum absolute atomic E-state index is 0.218. The maximum Gasteiger partial charge on any atom is 0.230 e. The first kappa shape index (κ1) is 14.1. The first-order valence-corrected chi connectivity index (χ1v) is 8.57. The summed E-state index contributed by atoms with van der Waals surface area (Å²) in [6.45, 7) is 0.511. The number of halogens is 1. The van der Waals surface area contributed by atoms with Gasteiger partial charge in [-0.15, -0.1) is 0 Å². The van der Waals surface area contributed by atoms with Crippen molar-refractivity contribution in [1.82, 2.24) is 0 Å². The van der Waals surface area contributed by atoms with Gasteiger partial charge in [-0.05, 0) is 17.7 Å². The molecule has 0 aromatic heterocycles. The summed E-state index contributed by atoms with van der Waals surface area (Å²) >= 11 is 4.91. The van der Waals surface area contributed by atoms with Gasteiger partial charge >= 0.3 is 0 Å². The Bertz CT molecular complexity index is 791. The van der Waals surface area contributed by atoms with Gasteiger partial charge < -0.3 is 10.5 Å². The Hall–Kier alpha value is -1.54. The minimum Gasteiger partial charge on any atom is -0.386 e. The van der Waals surface area contributed by atoms with Gasteiger partial charge in [-0.3, -0.25) is 0 Å². The topological polar surface area (TPSA) is 95.2 Å². The molecule has 2 fully saturated rings. The predicted molar refractivity (Wildman–Crippen MR) is 85.7 cm³/mol. The zero-order valence-electron chi connectivity index (χ0n) is 11.4. The molecule has 4 rings (SSSR count). The molecule has 2 N–H and O–H groups in total. The highest BCUT2D eigenvalue weighted by molar-refractivity contribution is 9.10. The van der Waals surface area contributed by atoms with Crippen LogP contribution in [0.4, 0.5) is 0 Å². The molecule has 2 heterocycles. The third-order valence-electron chi connectivity index (χ3n) is 4.79. The number of nitrogens with zero attached hydrogens (tertiary/aromatic N) is 3. The summed E-state index contributed by atoms with van der Waals surface area (Å²) in [4.78, 5) is 4.41. The van der Waals surface area contributed by atoms with E-state index in [4.69, 9.17) is 10.5 Å². The van der Waals surface area contributed by atoms with Crippen molar-refractivity contribution in [2.24, 2.45) is 21.6 Å². The second kappa shape index (κ2) is 4.26. The summed E-state index contributed by atoms with van der Waals surface area (Å²) in [6, 6.07) is 12.3. The zero-order chi connectivity index (χ0) is 15.6. The van der Waals surface area contributed by atoms with Crippen LogP contribution in [0.1, 0.15) is 11.5 Å². The number of benzene rings is 1. The summed E-state index contributed by atoms with van der Waals surface area (Å²) in [6.07, 6.45) is 0. The molecule has 1 spiro atoms. The SMILES string of the molecule is N#C[C@@]12[C@@H](c3cccc(Br)c3)[C@]1(C#N)C(N)=N[C@@]21OCCS1. The number of amidine groups is 1. The second-order valence-electron chi connectivity index (χ2n) is 5.60. The number of ether oxygens (including phenoxy) is 1. The van der Waals surface area contributed by atoms with Crippen molar-refractivity contribution in [3.63, 3.8) is 0 Å². The lowest BCUT2D eigenvalue weighted by atomic mass is 9.95. The van der Waals surface area contributed by atoms with Gasteiger partial charge in [-0.25, -0.2) is 4.99 Å². The fourth-order valence-electron chi connectivity index (χ4n) is 3.90. The number of hydrogen-bond donors (Lipinski definition) is 1.